The second-order valence-corrected chi connectivity index (χ2v) is 7.34. The summed E-state index contributed by atoms with van der Waals surface area (Å²) in [6, 6.07) is 12.7. The van der Waals surface area contributed by atoms with E-state index in [0.717, 1.165) is 50.8 Å². The Balaban J connectivity index is 1.68. The van der Waals surface area contributed by atoms with Gasteiger partial charge in [-0.1, -0.05) is 30.3 Å². The third kappa shape index (κ3) is 5.26. The van der Waals surface area contributed by atoms with Crippen molar-refractivity contribution in [1.82, 2.24) is 14.8 Å². The van der Waals surface area contributed by atoms with Crippen molar-refractivity contribution in [2.75, 3.05) is 56.0 Å². The van der Waals surface area contributed by atoms with Crippen LogP contribution in [0.25, 0.3) is 0 Å². The van der Waals surface area contributed by atoms with Crippen LogP contribution in [0.4, 0.5) is 11.5 Å². The molecule has 1 aromatic carbocycles. The highest BCUT2D eigenvalue weighted by atomic mass is 16.2. The summed E-state index contributed by atoms with van der Waals surface area (Å²) in [5.41, 5.74) is 2.89. The SMILES string of the molecule is CCNc1cc(N2CCN(Cc3ccccc3)CC2)ncc1C(=O)N(CC)CC. The molecule has 29 heavy (non-hydrogen) atoms. The van der Waals surface area contributed by atoms with Gasteiger partial charge in [-0.2, -0.15) is 0 Å². The van der Waals surface area contributed by atoms with Gasteiger partial charge in [0.2, 0.25) is 0 Å². The number of nitrogens with zero attached hydrogens (tertiary/aromatic N) is 4. The van der Waals surface area contributed by atoms with E-state index in [1.165, 1.54) is 5.56 Å². The number of anilines is 2. The van der Waals surface area contributed by atoms with Crippen LogP contribution in [0.15, 0.2) is 42.6 Å². The molecule has 0 radical (unpaired) electrons. The molecule has 0 atom stereocenters. The van der Waals surface area contributed by atoms with Crippen LogP contribution in [0.5, 0.6) is 0 Å². The number of amides is 1. The molecule has 6 heteroatoms. The van der Waals surface area contributed by atoms with Gasteiger partial charge in [0.25, 0.3) is 5.91 Å². The number of benzene rings is 1. The molecule has 1 aliphatic rings. The summed E-state index contributed by atoms with van der Waals surface area (Å²) >= 11 is 0. The van der Waals surface area contributed by atoms with Crippen LogP contribution in [0.2, 0.25) is 0 Å². The average Bonchev–Trinajstić information content (AvgIpc) is 2.76. The van der Waals surface area contributed by atoms with Crippen LogP contribution in [0.1, 0.15) is 36.7 Å². The van der Waals surface area contributed by atoms with Crippen LogP contribution in [0, 0.1) is 0 Å². The minimum absolute atomic E-state index is 0.0395. The molecular weight excluding hydrogens is 362 g/mol. The molecule has 0 bridgehead atoms. The Kier molecular flexibility index (Phi) is 7.47. The minimum Gasteiger partial charge on any atom is -0.385 e. The molecular formula is C23H33N5O. The minimum atomic E-state index is 0.0395. The topological polar surface area (TPSA) is 51.7 Å². The van der Waals surface area contributed by atoms with Gasteiger partial charge >= 0.3 is 0 Å². The van der Waals surface area contributed by atoms with Gasteiger partial charge in [-0.3, -0.25) is 9.69 Å². The van der Waals surface area contributed by atoms with Crippen LogP contribution in [-0.2, 0) is 6.54 Å². The second-order valence-electron chi connectivity index (χ2n) is 7.34. The van der Waals surface area contributed by atoms with Gasteiger partial charge in [-0.05, 0) is 26.3 Å². The predicted octanol–water partition coefficient (Wildman–Crippen LogP) is 3.32. The molecule has 156 valence electrons. The summed E-state index contributed by atoms with van der Waals surface area (Å²) in [5, 5.41) is 3.36. The highest BCUT2D eigenvalue weighted by molar-refractivity contribution is 5.99. The van der Waals surface area contributed by atoms with Crippen LogP contribution < -0.4 is 10.2 Å². The van der Waals surface area contributed by atoms with Crippen molar-refractivity contribution >= 4 is 17.4 Å². The molecule has 0 saturated carbocycles. The van der Waals surface area contributed by atoms with E-state index in [9.17, 15) is 4.79 Å². The molecule has 3 rings (SSSR count). The predicted molar refractivity (Wildman–Crippen MR) is 120 cm³/mol. The molecule has 2 heterocycles. The van der Waals surface area contributed by atoms with E-state index in [4.69, 9.17) is 0 Å². The zero-order chi connectivity index (χ0) is 20.6. The highest BCUT2D eigenvalue weighted by Crippen LogP contribution is 2.24. The number of nitrogens with one attached hydrogen (secondary N) is 1. The number of carbonyl (C=O) groups is 1. The lowest BCUT2D eigenvalue weighted by Crippen LogP contribution is -2.46. The van der Waals surface area contributed by atoms with Crippen molar-refractivity contribution in [2.45, 2.75) is 27.3 Å². The van der Waals surface area contributed by atoms with Crippen LogP contribution >= 0.6 is 0 Å². The molecule has 1 amide bonds. The van der Waals surface area contributed by atoms with E-state index in [-0.39, 0.29) is 5.91 Å². The van der Waals surface area contributed by atoms with E-state index in [1.807, 2.05) is 31.7 Å². The lowest BCUT2D eigenvalue weighted by Gasteiger charge is -2.35. The molecule has 1 N–H and O–H groups in total. The van der Waals surface area contributed by atoms with E-state index < -0.39 is 0 Å². The summed E-state index contributed by atoms with van der Waals surface area (Å²) in [7, 11) is 0. The Bertz CT molecular complexity index is 783. The molecule has 0 aliphatic carbocycles. The maximum atomic E-state index is 12.8. The number of aromatic nitrogens is 1. The van der Waals surface area contributed by atoms with Gasteiger partial charge in [0, 0.05) is 64.6 Å². The van der Waals surface area contributed by atoms with E-state index in [0.29, 0.717) is 18.7 Å². The van der Waals surface area contributed by atoms with Crippen molar-refractivity contribution < 1.29 is 4.79 Å². The largest absolute Gasteiger partial charge is 0.385 e. The summed E-state index contributed by atoms with van der Waals surface area (Å²) in [4.78, 5) is 24.1. The quantitative estimate of drug-likeness (QED) is 0.743. The number of pyridine rings is 1. The van der Waals surface area contributed by atoms with Crippen LogP contribution in [-0.4, -0.2) is 66.5 Å². The van der Waals surface area contributed by atoms with Gasteiger partial charge in [-0.15, -0.1) is 0 Å². The molecule has 0 unspecified atom stereocenters. The molecule has 1 aromatic heterocycles. The van der Waals surface area contributed by atoms with Gasteiger partial charge in [0.15, 0.2) is 0 Å². The second kappa shape index (κ2) is 10.3. The Morgan fingerprint density at radius 1 is 1.07 bits per heavy atom. The van der Waals surface area contributed by atoms with E-state index in [2.05, 4.69) is 50.4 Å². The fraction of sp³-hybridized carbons (Fsp3) is 0.478. The Morgan fingerprint density at radius 2 is 1.76 bits per heavy atom. The first kappa shape index (κ1) is 21.1. The lowest BCUT2D eigenvalue weighted by molar-refractivity contribution is 0.0773. The van der Waals surface area contributed by atoms with Gasteiger partial charge in [-0.25, -0.2) is 4.98 Å². The van der Waals surface area contributed by atoms with Crippen molar-refractivity contribution in [3.63, 3.8) is 0 Å². The highest BCUT2D eigenvalue weighted by Gasteiger charge is 2.22. The first-order valence-electron chi connectivity index (χ1n) is 10.7. The van der Waals surface area contributed by atoms with Crippen molar-refractivity contribution in [3.05, 3.63) is 53.7 Å². The number of carbonyl (C=O) groups excluding carboxylic acids is 1. The first-order valence-corrected chi connectivity index (χ1v) is 10.7. The van der Waals surface area contributed by atoms with Crippen LogP contribution in [0.3, 0.4) is 0 Å². The summed E-state index contributed by atoms with van der Waals surface area (Å²) in [6.07, 6.45) is 1.74. The maximum Gasteiger partial charge on any atom is 0.257 e. The lowest BCUT2D eigenvalue weighted by atomic mass is 10.1. The molecule has 6 nitrogen and oxygen atoms in total. The Morgan fingerprint density at radius 3 is 2.38 bits per heavy atom. The monoisotopic (exact) mass is 395 g/mol. The number of hydrogen-bond acceptors (Lipinski definition) is 5. The maximum absolute atomic E-state index is 12.8. The molecule has 0 spiro atoms. The smallest absolute Gasteiger partial charge is 0.257 e. The van der Waals surface area contributed by atoms with Crippen molar-refractivity contribution in [2.24, 2.45) is 0 Å². The zero-order valence-corrected chi connectivity index (χ0v) is 17.9. The van der Waals surface area contributed by atoms with Gasteiger partial charge in [0.1, 0.15) is 5.82 Å². The number of rotatable bonds is 8. The van der Waals surface area contributed by atoms with Gasteiger partial charge in [0.05, 0.1) is 11.3 Å². The van der Waals surface area contributed by atoms with Gasteiger partial charge < -0.3 is 15.1 Å². The third-order valence-corrected chi connectivity index (χ3v) is 5.48. The fourth-order valence-corrected chi connectivity index (χ4v) is 3.78. The molecule has 1 saturated heterocycles. The summed E-state index contributed by atoms with van der Waals surface area (Å²) in [6.45, 7) is 13.1. The Labute approximate surface area is 174 Å². The molecule has 1 aliphatic heterocycles. The number of piperazine rings is 1. The Hall–Kier alpha value is -2.60. The standard InChI is InChI=1S/C23H33N5O/c1-4-24-21-16-22(25-17-20(21)23(29)27(5-2)6-3)28-14-12-26(13-15-28)18-19-10-8-7-9-11-19/h7-11,16-17H,4-6,12-15,18H2,1-3H3,(H,24,25). The van der Waals surface area contributed by atoms with Crippen molar-refractivity contribution in [3.8, 4) is 0 Å². The zero-order valence-electron chi connectivity index (χ0n) is 17.9. The first-order chi connectivity index (χ1) is 14.2. The molecule has 2 aromatic rings. The van der Waals surface area contributed by atoms with Crippen molar-refractivity contribution in [1.29, 1.82) is 0 Å². The summed E-state index contributed by atoms with van der Waals surface area (Å²) in [5.74, 6) is 0.981. The molecule has 1 fully saturated rings. The number of hydrogen-bond donors (Lipinski definition) is 1. The fourth-order valence-electron chi connectivity index (χ4n) is 3.78. The third-order valence-electron chi connectivity index (χ3n) is 5.48. The average molecular weight is 396 g/mol. The van der Waals surface area contributed by atoms with E-state index in [1.54, 1.807) is 6.20 Å². The van der Waals surface area contributed by atoms with E-state index >= 15 is 0 Å². The normalized spacial score (nSPS) is 14.7. The summed E-state index contributed by atoms with van der Waals surface area (Å²) < 4.78 is 0.